The Morgan fingerprint density at radius 2 is 1.67 bits per heavy atom. The van der Waals surface area contributed by atoms with Gasteiger partial charge in [-0.3, -0.25) is 14.4 Å². The molecule has 180 valence electrons. The molecule has 0 aliphatic heterocycles. The van der Waals surface area contributed by atoms with Crippen LogP contribution in [-0.2, 0) is 25.6 Å². The molecule has 0 bridgehead atoms. The normalized spacial score (nSPS) is 15.7. The molecule has 0 fully saturated rings. The van der Waals surface area contributed by atoms with E-state index in [2.05, 4.69) is 33.6 Å². The van der Waals surface area contributed by atoms with E-state index in [0.29, 0.717) is 0 Å². The van der Waals surface area contributed by atoms with Crippen molar-refractivity contribution in [2.75, 3.05) is 5.75 Å². The van der Waals surface area contributed by atoms with Crippen LogP contribution in [0.25, 0.3) is 10.9 Å². The largest absolute Gasteiger partial charge is 0.480 e. The zero-order valence-corrected chi connectivity index (χ0v) is 19.1. The minimum atomic E-state index is -1.26. The summed E-state index contributed by atoms with van der Waals surface area (Å²) in [5, 5.41) is 26.8. The lowest BCUT2D eigenvalue weighted by Gasteiger charge is -2.24. The Bertz CT molecular complexity index is 1010. The van der Waals surface area contributed by atoms with Crippen LogP contribution in [-0.4, -0.2) is 74.9 Å². The molecular formula is C21H29N5O6S. The Morgan fingerprint density at radius 3 is 2.27 bits per heavy atom. The van der Waals surface area contributed by atoms with Gasteiger partial charge in [-0.25, -0.2) is 4.79 Å². The summed E-state index contributed by atoms with van der Waals surface area (Å²) in [6, 6.07) is 2.74. The monoisotopic (exact) mass is 479 g/mol. The third-order valence-electron chi connectivity index (χ3n) is 5.10. The van der Waals surface area contributed by atoms with Crippen molar-refractivity contribution in [1.82, 2.24) is 20.9 Å². The molecule has 2 aromatic rings. The number of aliphatic hydroxyl groups is 1. The number of aromatic amines is 1. The number of amides is 3. The van der Waals surface area contributed by atoms with Gasteiger partial charge in [-0.15, -0.1) is 0 Å². The van der Waals surface area contributed by atoms with Gasteiger partial charge in [-0.05, 0) is 25.5 Å². The highest BCUT2D eigenvalue weighted by molar-refractivity contribution is 7.80. The number of para-hydroxylation sites is 1. The molecule has 1 heterocycles. The van der Waals surface area contributed by atoms with E-state index in [1.54, 1.807) is 6.20 Å². The first-order chi connectivity index (χ1) is 15.5. The topological polar surface area (TPSA) is 187 Å². The smallest absolute Gasteiger partial charge is 0.327 e. The fourth-order valence-corrected chi connectivity index (χ4v) is 3.33. The van der Waals surface area contributed by atoms with Gasteiger partial charge < -0.3 is 36.9 Å². The number of aliphatic hydroxyl groups excluding tert-OH is 1. The van der Waals surface area contributed by atoms with Gasteiger partial charge in [0.25, 0.3) is 0 Å². The molecule has 1 aromatic heterocycles. The number of benzene rings is 1. The highest BCUT2D eigenvalue weighted by Crippen LogP contribution is 2.19. The second-order valence-electron chi connectivity index (χ2n) is 7.70. The van der Waals surface area contributed by atoms with E-state index in [4.69, 9.17) is 10.8 Å². The number of aromatic nitrogens is 1. The Labute approximate surface area is 195 Å². The van der Waals surface area contributed by atoms with E-state index in [1.165, 1.54) is 13.8 Å². The van der Waals surface area contributed by atoms with E-state index in [0.717, 1.165) is 16.5 Å². The molecule has 0 aliphatic rings. The molecule has 12 heteroatoms. The van der Waals surface area contributed by atoms with E-state index in [9.17, 15) is 24.3 Å². The second kappa shape index (κ2) is 11.7. The Morgan fingerprint density at radius 1 is 1.03 bits per heavy atom. The highest BCUT2D eigenvalue weighted by Gasteiger charge is 2.29. The Hall–Kier alpha value is -3.09. The number of carbonyl (C=O) groups is 4. The molecule has 5 unspecified atom stereocenters. The summed E-state index contributed by atoms with van der Waals surface area (Å²) in [7, 11) is 0. The van der Waals surface area contributed by atoms with Gasteiger partial charge in [0, 0.05) is 29.3 Å². The zero-order valence-electron chi connectivity index (χ0n) is 18.2. The number of carboxylic acid groups (broad SMARTS) is 1. The SMILES string of the molecule is CC(NC(=O)C(Cc1c[nH]c2ccccc12)NC(=O)C(N)C(C)O)C(=O)NC(CS)C(=O)O. The minimum Gasteiger partial charge on any atom is -0.480 e. The first-order valence-electron chi connectivity index (χ1n) is 10.3. The summed E-state index contributed by atoms with van der Waals surface area (Å²) >= 11 is 3.89. The van der Waals surface area contributed by atoms with Crippen LogP contribution in [0.3, 0.4) is 0 Å². The number of fused-ring (bicyclic) bond motifs is 1. The predicted molar refractivity (Wildman–Crippen MR) is 125 cm³/mol. The molecule has 11 nitrogen and oxygen atoms in total. The number of hydrogen-bond donors (Lipinski definition) is 8. The van der Waals surface area contributed by atoms with Crippen LogP contribution in [0.5, 0.6) is 0 Å². The number of carboxylic acids is 1. The van der Waals surface area contributed by atoms with Gasteiger partial charge in [0.2, 0.25) is 17.7 Å². The quantitative estimate of drug-likeness (QED) is 0.188. The van der Waals surface area contributed by atoms with Crippen molar-refractivity contribution >= 4 is 47.2 Å². The van der Waals surface area contributed by atoms with Gasteiger partial charge in [0.15, 0.2) is 0 Å². The highest BCUT2D eigenvalue weighted by atomic mass is 32.1. The van der Waals surface area contributed by atoms with Crippen molar-refractivity contribution in [1.29, 1.82) is 0 Å². The lowest BCUT2D eigenvalue weighted by Crippen LogP contribution is -2.58. The minimum absolute atomic E-state index is 0.0802. The zero-order chi connectivity index (χ0) is 24.7. The van der Waals surface area contributed by atoms with Crippen molar-refractivity contribution < 1.29 is 29.4 Å². The fourth-order valence-electron chi connectivity index (χ4n) is 3.08. The van der Waals surface area contributed by atoms with E-state index < -0.39 is 54.0 Å². The second-order valence-corrected chi connectivity index (χ2v) is 8.07. The summed E-state index contributed by atoms with van der Waals surface area (Å²) in [5.41, 5.74) is 7.28. The summed E-state index contributed by atoms with van der Waals surface area (Å²) in [6.07, 6.45) is 0.656. The van der Waals surface area contributed by atoms with Gasteiger partial charge in [0.05, 0.1) is 6.10 Å². The van der Waals surface area contributed by atoms with Crippen molar-refractivity contribution in [2.45, 2.75) is 50.5 Å². The summed E-state index contributed by atoms with van der Waals surface area (Å²) in [6.45, 7) is 2.74. The summed E-state index contributed by atoms with van der Waals surface area (Å²) in [5.74, 6) is -3.51. The lowest BCUT2D eigenvalue weighted by atomic mass is 10.0. The number of nitrogens with two attached hydrogens (primary N) is 1. The Balaban J connectivity index is 2.19. The number of carbonyl (C=O) groups excluding carboxylic acids is 3. The lowest BCUT2D eigenvalue weighted by molar-refractivity contribution is -0.141. The molecule has 0 saturated heterocycles. The van der Waals surface area contributed by atoms with Crippen LogP contribution in [0, 0.1) is 0 Å². The van der Waals surface area contributed by atoms with Crippen molar-refractivity contribution in [3.63, 3.8) is 0 Å². The molecule has 0 spiro atoms. The predicted octanol–water partition coefficient (Wildman–Crippen LogP) is -1.09. The summed E-state index contributed by atoms with van der Waals surface area (Å²) < 4.78 is 0. The van der Waals surface area contributed by atoms with E-state index in [1.807, 2.05) is 24.3 Å². The average molecular weight is 480 g/mol. The van der Waals surface area contributed by atoms with Gasteiger partial charge >= 0.3 is 5.97 Å². The number of thiol groups is 1. The molecule has 0 aliphatic carbocycles. The van der Waals surface area contributed by atoms with E-state index >= 15 is 0 Å². The molecule has 2 rings (SSSR count). The maximum atomic E-state index is 13.0. The fraction of sp³-hybridized carbons (Fsp3) is 0.429. The number of rotatable bonds is 11. The number of H-pyrrole nitrogens is 1. The van der Waals surface area contributed by atoms with E-state index in [-0.39, 0.29) is 12.2 Å². The van der Waals surface area contributed by atoms with Crippen LogP contribution in [0.2, 0.25) is 0 Å². The molecule has 1 aromatic carbocycles. The molecule has 33 heavy (non-hydrogen) atoms. The molecule has 8 N–H and O–H groups in total. The Kier molecular flexibility index (Phi) is 9.26. The van der Waals surface area contributed by atoms with Crippen LogP contribution < -0.4 is 21.7 Å². The third kappa shape index (κ3) is 6.94. The van der Waals surface area contributed by atoms with Gasteiger partial charge in [0.1, 0.15) is 24.2 Å². The van der Waals surface area contributed by atoms with Crippen molar-refractivity contribution in [3.8, 4) is 0 Å². The molecule has 0 radical (unpaired) electrons. The standard InChI is InChI=1S/C21H29N5O6S/c1-10(18(28)26-16(9-33)21(31)32)24-19(29)15(25-20(30)17(22)11(2)27)7-12-8-23-14-6-4-3-5-13(12)14/h3-6,8,10-11,15-17,23,27,33H,7,9,22H2,1-2H3,(H,24,29)(H,25,30)(H,26,28)(H,31,32). The van der Waals surface area contributed by atoms with Crippen LogP contribution >= 0.6 is 12.6 Å². The first kappa shape index (κ1) is 26.2. The van der Waals surface area contributed by atoms with Gasteiger partial charge in [-0.1, -0.05) is 18.2 Å². The van der Waals surface area contributed by atoms with Crippen LogP contribution in [0.4, 0.5) is 0 Å². The number of aliphatic carboxylic acids is 1. The summed E-state index contributed by atoms with van der Waals surface area (Å²) in [4.78, 5) is 51.9. The maximum absolute atomic E-state index is 13.0. The van der Waals surface area contributed by atoms with Crippen molar-refractivity contribution in [2.24, 2.45) is 5.73 Å². The van der Waals surface area contributed by atoms with Gasteiger partial charge in [-0.2, -0.15) is 12.6 Å². The van der Waals surface area contributed by atoms with Crippen LogP contribution in [0.15, 0.2) is 30.5 Å². The maximum Gasteiger partial charge on any atom is 0.327 e. The van der Waals surface area contributed by atoms with Crippen molar-refractivity contribution in [3.05, 3.63) is 36.0 Å². The molecular weight excluding hydrogens is 450 g/mol. The van der Waals surface area contributed by atoms with Crippen LogP contribution in [0.1, 0.15) is 19.4 Å². The number of nitrogens with one attached hydrogen (secondary N) is 4. The molecule has 0 saturated carbocycles. The molecule has 3 amide bonds. The molecule has 5 atom stereocenters. The third-order valence-corrected chi connectivity index (χ3v) is 5.47. The average Bonchev–Trinajstić information content (AvgIpc) is 3.18. The first-order valence-corrected chi connectivity index (χ1v) is 10.9. The number of hydrogen-bond acceptors (Lipinski definition) is 7.